The molecule has 0 bridgehead atoms. The van der Waals surface area contributed by atoms with Crippen molar-refractivity contribution in [2.24, 2.45) is 0 Å². The van der Waals surface area contributed by atoms with Crippen molar-refractivity contribution < 1.29 is 4.79 Å². The second-order valence-electron chi connectivity index (χ2n) is 5.23. The van der Waals surface area contributed by atoms with Crippen LogP contribution in [0.2, 0.25) is 0 Å². The average molecular weight is 280 g/mol. The quantitative estimate of drug-likeness (QED) is 0.869. The standard InChI is InChI=1S/C15H24N2OS/c1-16-12-13-6-2-3-10-17(13)15(18)9-4-7-14-8-5-11-19-14/h5,8,11,13,16H,2-4,6-7,9-10,12H2,1H3. The molecule has 2 rings (SSSR count). The minimum absolute atomic E-state index is 0.344. The fourth-order valence-corrected chi connectivity index (χ4v) is 3.54. The van der Waals surface area contributed by atoms with Crippen molar-refractivity contribution in [3.05, 3.63) is 22.4 Å². The lowest BCUT2D eigenvalue weighted by Gasteiger charge is -2.35. The van der Waals surface area contributed by atoms with Gasteiger partial charge in [0, 0.05) is 30.4 Å². The first-order chi connectivity index (χ1) is 9.31. The Kier molecular flexibility index (Phi) is 5.86. The number of hydrogen-bond acceptors (Lipinski definition) is 3. The Hall–Kier alpha value is -0.870. The van der Waals surface area contributed by atoms with Crippen LogP contribution in [-0.4, -0.2) is 37.0 Å². The molecule has 1 amide bonds. The van der Waals surface area contributed by atoms with Crippen molar-refractivity contribution in [3.63, 3.8) is 0 Å². The zero-order chi connectivity index (χ0) is 13.5. The van der Waals surface area contributed by atoms with Gasteiger partial charge in [-0.2, -0.15) is 0 Å². The lowest BCUT2D eigenvalue weighted by Crippen LogP contribution is -2.48. The van der Waals surface area contributed by atoms with Crippen LogP contribution < -0.4 is 5.32 Å². The summed E-state index contributed by atoms with van der Waals surface area (Å²) < 4.78 is 0. The highest BCUT2D eigenvalue weighted by molar-refractivity contribution is 7.09. The Morgan fingerprint density at radius 2 is 2.42 bits per heavy atom. The summed E-state index contributed by atoms with van der Waals surface area (Å²) in [7, 11) is 1.97. The van der Waals surface area contributed by atoms with Crippen molar-refractivity contribution in [3.8, 4) is 0 Å². The molecule has 1 aromatic heterocycles. The number of rotatable bonds is 6. The number of thiophene rings is 1. The van der Waals surface area contributed by atoms with E-state index in [0.29, 0.717) is 18.4 Å². The fourth-order valence-electron chi connectivity index (χ4n) is 2.79. The first-order valence-electron chi connectivity index (χ1n) is 7.27. The van der Waals surface area contributed by atoms with Gasteiger partial charge in [-0.05, 0) is 50.6 Å². The number of aryl methyl sites for hydroxylation is 1. The van der Waals surface area contributed by atoms with Crippen LogP contribution in [0.1, 0.15) is 37.0 Å². The number of likely N-dealkylation sites (tertiary alicyclic amines) is 1. The molecule has 0 aromatic carbocycles. The highest BCUT2D eigenvalue weighted by Gasteiger charge is 2.25. The van der Waals surface area contributed by atoms with E-state index in [-0.39, 0.29) is 0 Å². The third-order valence-corrected chi connectivity index (χ3v) is 4.72. The largest absolute Gasteiger partial charge is 0.338 e. The number of carbonyl (C=O) groups is 1. The summed E-state index contributed by atoms with van der Waals surface area (Å²) in [6.07, 6.45) is 6.27. The number of carbonyl (C=O) groups excluding carboxylic acids is 1. The summed E-state index contributed by atoms with van der Waals surface area (Å²) in [4.78, 5) is 15.8. The molecular weight excluding hydrogens is 256 g/mol. The van der Waals surface area contributed by atoms with Crippen LogP contribution in [0, 0.1) is 0 Å². The van der Waals surface area contributed by atoms with Crippen molar-refractivity contribution in [1.29, 1.82) is 0 Å². The van der Waals surface area contributed by atoms with E-state index in [1.54, 1.807) is 11.3 Å². The molecule has 1 saturated heterocycles. The molecule has 4 heteroatoms. The summed E-state index contributed by atoms with van der Waals surface area (Å²) in [5.74, 6) is 0.344. The minimum atomic E-state index is 0.344. The fraction of sp³-hybridized carbons (Fsp3) is 0.667. The van der Waals surface area contributed by atoms with Crippen molar-refractivity contribution >= 4 is 17.2 Å². The Labute approximate surface area is 120 Å². The zero-order valence-electron chi connectivity index (χ0n) is 11.7. The Morgan fingerprint density at radius 1 is 1.53 bits per heavy atom. The first-order valence-corrected chi connectivity index (χ1v) is 8.15. The highest BCUT2D eigenvalue weighted by Crippen LogP contribution is 2.19. The zero-order valence-corrected chi connectivity index (χ0v) is 12.5. The molecule has 2 heterocycles. The molecule has 1 unspecified atom stereocenters. The van der Waals surface area contributed by atoms with Gasteiger partial charge in [0.2, 0.25) is 5.91 Å². The van der Waals surface area contributed by atoms with Gasteiger partial charge in [0.15, 0.2) is 0 Å². The molecule has 106 valence electrons. The van der Waals surface area contributed by atoms with Crippen LogP contribution in [-0.2, 0) is 11.2 Å². The van der Waals surface area contributed by atoms with Crippen molar-refractivity contribution in [2.45, 2.75) is 44.6 Å². The molecule has 0 spiro atoms. The molecule has 0 aliphatic carbocycles. The second-order valence-corrected chi connectivity index (χ2v) is 6.26. The minimum Gasteiger partial charge on any atom is -0.338 e. The van der Waals surface area contributed by atoms with E-state index in [1.807, 2.05) is 7.05 Å². The topological polar surface area (TPSA) is 32.3 Å². The Bertz CT molecular complexity index is 376. The van der Waals surface area contributed by atoms with Crippen LogP contribution in [0.15, 0.2) is 17.5 Å². The van der Waals surface area contributed by atoms with Gasteiger partial charge in [-0.15, -0.1) is 11.3 Å². The summed E-state index contributed by atoms with van der Waals surface area (Å²) in [5, 5.41) is 5.31. The van der Waals surface area contributed by atoms with Gasteiger partial charge in [0.25, 0.3) is 0 Å². The van der Waals surface area contributed by atoms with E-state index in [9.17, 15) is 4.79 Å². The third-order valence-electron chi connectivity index (χ3n) is 3.78. The molecule has 1 aromatic rings. The predicted molar refractivity (Wildman–Crippen MR) is 80.5 cm³/mol. The van der Waals surface area contributed by atoms with Crippen molar-refractivity contribution in [1.82, 2.24) is 10.2 Å². The second kappa shape index (κ2) is 7.65. The normalized spacial score (nSPS) is 19.6. The predicted octanol–water partition coefficient (Wildman–Crippen LogP) is 2.67. The van der Waals surface area contributed by atoms with Crippen LogP contribution in [0.3, 0.4) is 0 Å². The van der Waals surface area contributed by atoms with Crippen LogP contribution in [0.5, 0.6) is 0 Å². The highest BCUT2D eigenvalue weighted by atomic mass is 32.1. The van der Waals surface area contributed by atoms with Crippen LogP contribution in [0.4, 0.5) is 0 Å². The molecular formula is C15H24N2OS. The smallest absolute Gasteiger partial charge is 0.222 e. The molecule has 1 aliphatic rings. The van der Waals surface area contributed by atoms with Gasteiger partial charge in [0.05, 0.1) is 0 Å². The molecule has 1 aliphatic heterocycles. The summed E-state index contributed by atoms with van der Waals surface area (Å²) in [6, 6.07) is 4.64. The number of piperidine rings is 1. The molecule has 0 saturated carbocycles. The summed E-state index contributed by atoms with van der Waals surface area (Å²) in [5.41, 5.74) is 0. The van der Waals surface area contributed by atoms with Crippen LogP contribution in [0.25, 0.3) is 0 Å². The number of nitrogens with one attached hydrogen (secondary N) is 1. The summed E-state index contributed by atoms with van der Waals surface area (Å²) >= 11 is 1.78. The van der Waals surface area contributed by atoms with E-state index in [4.69, 9.17) is 0 Å². The third kappa shape index (κ3) is 4.32. The van der Waals surface area contributed by atoms with E-state index < -0.39 is 0 Å². The van der Waals surface area contributed by atoms with Crippen LogP contribution >= 0.6 is 11.3 Å². The van der Waals surface area contributed by atoms with E-state index in [1.165, 1.54) is 11.3 Å². The molecule has 1 fully saturated rings. The maximum atomic E-state index is 12.3. The van der Waals surface area contributed by atoms with Gasteiger partial charge in [0.1, 0.15) is 0 Å². The maximum absolute atomic E-state index is 12.3. The molecule has 1 atom stereocenters. The maximum Gasteiger partial charge on any atom is 0.222 e. The number of nitrogens with zero attached hydrogens (tertiary/aromatic N) is 1. The average Bonchev–Trinajstić information content (AvgIpc) is 2.93. The molecule has 3 nitrogen and oxygen atoms in total. The van der Waals surface area contributed by atoms with Gasteiger partial charge in [-0.1, -0.05) is 6.07 Å². The molecule has 1 N–H and O–H groups in total. The SMILES string of the molecule is CNCC1CCCCN1C(=O)CCCc1cccs1. The summed E-state index contributed by atoms with van der Waals surface area (Å²) in [6.45, 7) is 1.88. The van der Waals surface area contributed by atoms with Gasteiger partial charge in [-0.25, -0.2) is 0 Å². The van der Waals surface area contributed by atoms with Crippen molar-refractivity contribution in [2.75, 3.05) is 20.1 Å². The van der Waals surface area contributed by atoms with Gasteiger partial charge < -0.3 is 10.2 Å². The first kappa shape index (κ1) is 14.5. The van der Waals surface area contributed by atoms with E-state index in [0.717, 1.165) is 38.8 Å². The monoisotopic (exact) mass is 280 g/mol. The van der Waals surface area contributed by atoms with E-state index >= 15 is 0 Å². The lowest BCUT2D eigenvalue weighted by molar-refractivity contribution is -0.134. The lowest BCUT2D eigenvalue weighted by atomic mass is 10.0. The molecule has 19 heavy (non-hydrogen) atoms. The number of amides is 1. The number of likely N-dealkylation sites (N-methyl/N-ethyl adjacent to an activating group) is 1. The van der Waals surface area contributed by atoms with Gasteiger partial charge >= 0.3 is 0 Å². The van der Waals surface area contributed by atoms with Gasteiger partial charge in [-0.3, -0.25) is 4.79 Å². The number of hydrogen-bond donors (Lipinski definition) is 1. The Morgan fingerprint density at radius 3 is 3.16 bits per heavy atom. The van der Waals surface area contributed by atoms with E-state index in [2.05, 4.69) is 27.7 Å². The Balaban J connectivity index is 1.77. The molecule has 0 radical (unpaired) electrons.